The highest BCUT2D eigenvalue weighted by Crippen LogP contribution is 2.22. The third-order valence-corrected chi connectivity index (χ3v) is 2.27. The Bertz CT molecular complexity index is 333. The molecular formula is C12H15F3O2. The van der Waals surface area contributed by atoms with Crippen LogP contribution in [0.2, 0.25) is 0 Å². The van der Waals surface area contributed by atoms with Crippen LogP contribution in [0.1, 0.15) is 25.8 Å². The molecule has 0 N–H and O–H groups in total. The van der Waals surface area contributed by atoms with E-state index in [0.29, 0.717) is 6.61 Å². The predicted molar refractivity (Wildman–Crippen MR) is 57.7 cm³/mol. The zero-order valence-electron chi connectivity index (χ0n) is 9.75. The molecule has 0 bridgehead atoms. The molecule has 0 spiro atoms. The van der Waals surface area contributed by atoms with E-state index in [2.05, 4.69) is 4.74 Å². The van der Waals surface area contributed by atoms with Crippen LogP contribution in [0, 0.1) is 0 Å². The molecule has 0 amide bonds. The summed E-state index contributed by atoms with van der Waals surface area (Å²) in [5, 5.41) is 0. The van der Waals surface area contributed by atoms with E-state index in [1.54, 1.807) is 12.1 Å². The second-order valence-corrected chi connectivity index (χ2v) is 3.72. The Kier molecular flexibility index (Phi) is 4.81. The average Bonchev–Trinajstić information content (AvgIpc) is 2.25. The van der Waals surface area contributed by atoms with Crippen LogP contribution in [0.3, 0.4) is 0 Å². The highest BCUT2D eigenvalue weighted by atomic mass is 19.4. The Morgan fingerprint density at radius 1 is 1.18 bits per heavy atom. The van der Waals surface area contributed by atoms with E-state index in [1.165, 1.54) is 12.1 Å². The normalized spacial score (nSPS) is 13.5. The molecule has 0 fully saturated rings. The van der Waals surface area contributed by atoms with Crippen LogP contribution in [0.15, 0.2) is 24.3 Å². The van der Waals surface area contributed by atoms with Crippen molar-refractivity contribution >= 4 is 0 Å². The van der Waals surface area contributed by atoms with Crippen LogP contribution in [0.4, 0.5) is 13.2 Å². The Morgan fingerprint density at radius 3 is 2.24 bits per heavy atom. The summed E-state index contributed by atoms with van der Waals surface area (Å²) in [6, 6.07) is 5.68. The molecule has 0 aliphatic heterocycles. The summed E-state index contributed by atoms with van der Waals surface area (Å²) in [5.41, 5.74) is 0.819. The Hall–Kier alpha value is -1.23. The van der Waals surface area contributed by atoms with Crippen molar-refractivity contribution in [3.8, 4) is 5.75 Å². The zero-order valence-corrected chi connectivity index (χ0v) is 9.75. The van der Waals surface area contributed by atoms with Crippen LogP contribution in [0.25, 0.3) is 0 Å². The highest BCUT2D eigenvalue weighted by Gasteiger charge is 2.30. The van der Waals surface area contributed by atoms with Gasteiger partial charge >= 0.3 is 6.36 Å². The highest BCUT2D eigenvalue weighted by molar-refractivity contribution is 5.27. The van der Waals surface area contributed by atoms with Crippen molar-refractivity contribution in [3.05, 3.63) is 29.8 Å². The lowest BCUT2D eigenvalue weighted by molar-refractivity contribution is -0.274. The fourth-order valence-electron chi connectivity index (χ4n) is 1.14. The monoisotopic (exact) mass is 248 g/mol. The minimum absolute atomic E-state index is 0.140. The second-order valence-electron chi connectivity index (χ2n) is 3.72. The first-order valence-corrected chi connectivity index (χ1v) is 5.37. The van der Waals surface area contributed by atoms with Crippen molar-refractivity contribution in [2.24, 2.45) is 0 Å². The molecule has 1 rings (SSSR count). The maximum Gasteiger partial charge on any atom is 0.573 e. The van der Waals surface area contributed by atoms with Gasteiger partial charge in [0.1, 0.15) is 5.75 Å². The van der Waals surface area contributed by atoms with E-state index in [4.69, 9.17) is 4.74 Å². The first kappa shape index (κ1) is 13.8. The molecule has 0 aromatic heterocycles. The zero-order chi connectivity index (χ0) is 12.9. The average molecular weight is 248 g/mol. The first-order valence-electron chi connectivity index (χ1n) is 5.37. The maximum absolute atomic E-state index is 11.9. The molecule has 1 unspecified atom stereocenters. The SMILES string of the molecule is CCC(C)OCc1ccc(OC(F)(F)F)cc1. The third-order valence-electron chi connectivity index (χ3n) is 2.27. The van der Waals surface area contributed by atoms with E-state index >= 15 is 0 Å². The quantitative estimate of drug-likeness (QED) is 0.786. The van der Waals surface area contributed by atoms with Gasteiger partial charge in [-0.05, 0) is 31.0 Å². The summed E-state index contributed by atoms with van der Waals surface area (Å²) in [6.45, 7) is 4.34. The standard InChI is InChI=1S/C12H15F3O2/c1-3-9(2)16-8-10-4-6-11(7-5-10)17-12(13,14)15/h4-7,9H,3,8H2,1-2H3. The molecule has 1 atom stereocenters. The van der Waals surface area contributed by atoms with Crippen LogP contribution in [0.5, 0.6) is 5.75 Å². The van der Waals surface area contributed by atoms with Crippen molar-refractivity contribution in [3.63, 3.8) is 0 Å². The number of halogens is 3. The van der Waals surface area contributed by atoms with Crippen molar-refractivity contribution in [2.75, 3.05) is 0 Å². The van der Waals surface area contributed by atoms with Gasteiger partial charge in [-0.3, -0.25) is 0 Å². The summed E-state index contributed by atoms with van der Waals surface area (Å²) in [4.78, 5) is 0. The van der Waals surface area contributed by atoms with Crippen molar-refractivity contribution < 1.29 is 22.6 Å². The first-order chi connectivity index (χ1) is 7.90. The van der Waals surface area contributed by atoms with Gasteiger partial charge < -0.3 is 9.47 Å². The lowest BCUT2D eigenvalue weighted by Crippen LogP contribution is -2.17. The Labute approximate surface area is 98.3 Å². The van der Waals surface area contributed by atoms with Crippen LogP contribution < -0.4 is 4.74 Å². The molecule has 0 saturated heterocycles. The van der Waals surface area contributed by atoms with Gasteiger partial charge in [-0.2, -0.15) is 0 Å². The number of benzene rings is 1. The van der Waals surface area contributed by atoms with Gasteiger partial charge in [0.15, 0.2) is 0 Å². The summed E-state index contributed by atoms with van der Waals surface area (Å²) < 4.78 is 44.9. The van der Waals surface area contributed by atoms with Crippen LogP contribution in [-0.2, 0) is 11.3 Å². The molecule has 0 radical (unpaired) electrons. The van der Waals surface area contributed by atoms with Gasteiger partial charge in [0.2, 0.25) is 0 Å². The van der Waals surface area contributed by atoms with E-state index in [0.717, 1.165) is 12.0 Å². The number of ether oxygens (including phenoxy) is 2. The molecular weight excluding hydrogens is 233 g/mol. The topological polar surface area (TPSA) is 18.5 Å². The lowest BCUT2D eigenvalue weighted by atomic mass is 10.2. The molecule has 0 saturated carbocycles. The van der Waals surface area contributed by atoms with E-state index in [-0.39, 0.29) is 11.9 Å². The molecule has 0 aliphatic rings. The van der Waals surface area contributed by atoms with Gasteiger partial charge in [-0.1, -0.05) is 19.1 Å². The molecule has 96 valence electrons. The number of rotatable bonds is 5. The minimum atomic E-state index is -4.64. The number of alkyl halides is 3. The maximum atomic E-state index is 11.9. The Morgan fingerprint density at radius 2 is 1.76 bits per heavy atom. The summed E-state index contributed by atoms with van der Waals surface area (Å²) >= 11 is 0. The summed E-state index contributed by atoms with van der Waals surface area (Å²) in [7, 11) is 0. The summed E-state index contributed by atoms with van der Waals surface area (Å²) in [5.74, 6) is -0.218. The molecule has 1 aromatic rings. The second kappa shape index (κ2) is 5.91. The number of hydrogen-bond acceptors (Lipinski definition) is 2. The molecule has 2 nitrogen and oxygen atoms in total. The van der Waals surface area contributed by atoms with Crippen molar-refractivity contribution in [2.45, 2.75) is 39.3 Å². The smallest absolute Gasteiger partial charge is 0.406 e. The third kappa shape index (κ3) is 5.58. The van der Waals surface area contributed by atoms with E-state index in [1.807, 2.05) is 13.8 Å². The van der Waals surface area contributed by atoms with Crippen LogP contribution >= 0.6 is 0 Å². The molecule has 5 heteroatoms. The van der Waals surface area contributed by atoms with Gasteiger partial charge in [0.05, 0.1) is 12.7 Å². The van der Waals surface area contributed by atoms with Gasteiger partial charge in [0, 0.05) is 0 Å². The van der Waals surface area contributed by atoms with E-state index in [9.17, 15) is 13.2 Å². The van der Waals surface area contributed by atoms with Gasteiger partial charge in [-0.25, -0.2) is 0 Å². The Balaban J connectivity index is 2.50. The molecule has 0 aliphatic carbocycles. The van der Waals surface area contributed by atoms with Crippen molar-refractivity contribution in [1.29, 1.82) is 0 Å². The minimum Gasteiger partial charge on any atom is -0.406 e. The van der Waals surface area contributed by atoms with Crippen molar-refractivity contribution in [1.82, 2.24) is 0 Å². The van der Waals surface area contributed by atoms with Crippen LogP contribution in [-0.4, -0.2) is 12.5 Å². The molecule has 17 heavy (non-hydrogen) atoms. The fraction of sp³-hybridized carbons (Fsp3) is 0.500. The lowest BCUT2D eigenvalue weighted by Gasteiger charge is -2.11. The molecule has 1 aromatic carbocycles. The fourth-order valence-corrected chi connectivity index (χ4v) is 1.14. The largest absolute Gasteiger partial charge is 0.573 e. The number of hydrogen-bond donors (Lipinski definition) is 0. The van der Waals surface area contributed by atoms with E-state index < -0.39 is 6.36 Å². The summed E-state index contributed by atoms with van der Waals surface area (Å²) in [6.07, 6.45) is -3.61. The predicted octanol–water partition coefficient (Wildman–Crippen LogP) is 3.90. The van der Waals surface area contributed by atoms with Gasteiger partial charge in [-0.15, -0.1) is 13.2 Å². The molecule has 0 heterocycles. The van der Waals surface area contributed by atoms with Gasteiger partial charge in [0.25, 0.3) is 0 Å².